The van der Waals surface area contributed by atoms with E-state index in [-0.39, 0.29) is 18.9 Å². The summed E-state index contributed by atoms with van der Waals surface area (Å²) in [5.41, 5.74) is 0. The summed E-state index contributed by atoms with van der Waals surface area (Å²) in [5, 5.41) is 10.9. The molecule has 0 aliphatic rings. The first-order valence-electron chi connectivity index (χ1n) is 4.08. The predicted octanol–water partition coefficient (Wildman–Crippen LogP) is 0.228. The number of carbonyl (C=O) groups is 1. The van der Waals surface area contributed by atoms with E-state index in [0.717, 1.165) is 6.42 Å². The molecule has 0 heterocycles. The van der Waals surface area contributed by atoms with Crippen molar-refractivity contribution in [2.75, 3.05) is 19.7 Å². The van der Waals surface area contributed by atoms with Crippen molar-refractivity contribution in [3.8, 4) is 6.07 Å². The van der Waals surface area contributed by atoms with Crippen molar-refractivity contribution in [2.45, 2.75) is 19.8 Å². The maximum absolute atomic E-state index is 10.8. The van der Waals surface area contributed by atoms with Gasteiger partial charge in [0.05, 0.1) is 6.61 Å². The van der Waals surface area contributed by atoms with E-state index in [1.807, 2.05) is 6.92 Å². The van der Waals surface area contributed by atoms with Crippen LogP contribution in [-0.2, 0) is 4.79 Å². The molecule has 0 rings (SSSR count). The molecule has 4 nitrogen and oxygen atoms in total. The third kappa shape index (κ3) is 7.03. The molecule has 12 heavy (non-hydrogen) atoms. The van der Waals surface area contributed by atoms with Crippen LogP contribution >= 0.6 is 0 Å². The van der Waals surface area contributed by atoms with Gasteiger partial charge in [0, 0.05) is 13.0 Å². The maximum Gasteiger partial charge on any atom is 0.282 e. The Kier molecular flexibility index (Phi) is 7.30. The Balaban J connectivity index is 3.38. The van der Waals surface area contributed by atoms with E-state index in [0.29, 0.717) is 13.1 Å². The zero-order valence-corrected chi connectivity index (χ0v) is 7.34. The van der Waals surface area contributed by atoms with Crippen LogP contribution in [0.2, 0.25) is 0 Å². The minimum atomic E-state index is -0.149. The fraction of sp³-hybridized carbons (Fsp3) is 0.750. The van der Waals surface area contributed by atoms with E-state index >= 15 is 0 Å². The van der Waals surface area contributed by atoms with Crippen LogP contribution in [0.25, 0.3) is 4.85 Å². The van der Waals surface area contributed by atoms with Crippen LogP contribution in [0.1, 0.15) is 19.8 Å². The van der Waals surface area contributed by atoms with Gasteiger partial charge >= 0.3 is 0 Å². The van der Waals surface area contributed by atoms with Crippen LogP contribution in [-0.4, -0.2) is 30.7 Å². The van der Waals surface area contributed by atoms with E-state index in [4.69, 9.17) is 5.11 Å². The number of aliphatic hydroxyl groups excluding tert-OH is 1. The van der Waals surface area contributed by atoms with Gasteiger partial charge in [-0.05, 0) is 0 Å². The van der Waals surface area contributed by atoms with Crippen LogP contribution in [0.4, 0.5) is 0 Å². The smallest absolute Gasteiger partial charge is 0.282 e. The standard InChI is InChI=1S/C8H14N2O2/c1-2-4-9-5-3-8(12)10-6-7-11/h11H,2-4,6-7H2,1H3/p+1. The fourth-order valence-electron chi connectivity index (χ4n) is 0.576. The van der Waals surface area contributed by atoms with Crippen molar-refractivity contribution in [1.82, 2.24) is 5.32 Å². The number of hydrogen-bond donors (Lipinski definition) is 2. The zero-order valence-electron chi connectivity index (χ0n) is 7.34. The molecule has 0 aromatic carbocycles. The van der Waals surface area contributed by atoms with Gasteiger partial charge in [0.2, 0.25) is 5.91 Å². The molecule has 0 radical (unpaired) electrons. The highest BCUT2D eigenvalue weighted by molar-refractivity contribution is 5.78. The first-order chi connectivity index (χ1) is 5.81. The molecule has 0 aliphatic carbocycles. The molecule has 68 valence electrons. The van der Waals surface area contributed by atoms with Gasteiger partial charge in [-0.15, -0.1) is 0 Å². The Morgan fingerprint density at radius 3 is 3.00 bits per heavy atom. The number of rotatable bonds is 4. The summed E-state index contributed by atoms with van der Waals surface area (Å²) in [6, 6.07) is 2.63. The minimum Gasteiger partial charge on any atom is -0.395 e. The fourth-order valence-corrected chi connectivity index (χ4v) is 0.576. The summed E-state index contributed by atoms with van der Waals surface area (Å²) in [4.78, 5) is 14.7. The average Bonchev–Trinajstić information content (AvgIpc) is 2.09. The summed E-state index contributed by atoms with van der Waals surface area (Å²) in [5.74, 6) is -0.149. The molecule has 0 aromatic rings. The molecule has 0 saturated carbocycles. The molecule has 0 atom stereocenters. The Hall–Kier alpha value is -1.08. The van der Waals surface area contributed by atoms with E-state index in [1.165, 1.54) is 0 Å². The number of aliphatic hydroxyl groups is 1. The predicted molar refractivity (Wildman–Crippen MR) is 47.1 cm³/mol. The maximum atomic E-state index is 10.8. The van der Waals surface area contributed by atoms with Gasteiger partial charge in [-0.2, -0.15) is 0 Å². The highest BCUT2D eigenvalue weighted by Gasteiger charge is 2.00. The van der Waals surface area contributed by atoms with Crippen molar-refractivity contribution in [1.29, 1.82) is 0 Å². The van der Waals surface area contributed by atoms with Gasteiger partial charge in [0.1, 0.15) is 0 Å². The van der Waals surface area contributed by atoms with Gasteiger partial charge in [-0.25, -0.2) is 0 Å². The third-order valence-corrected chi connectivity index (χ3v) is 1.12. The third-order valence-electron chi connectivity index (χ3n) is 1.12. The molecule has 0 spiro atoms. The second-order valence-corrected chi connectivity index (χ2v) is 2.29. The van der Waals surface area contributed by atoms with Crippen LogP contribution in [0.5, 0.6) is 0 Å². The summed E-state index contributed by atoms with van der Waals surface area (Å²) in [6.07, 6.45) is 1.14. The van der Waals surface area contributed by atoms with Crippen molar-refractivity contribution in [2.24, 2.45) is 0 Å². The molecule has 0 fully saturated rings. The lowest BCUT2D eigenvalue weighted by Gasteiger charge is -1.95. The Morgan fingerprint density at radius 1 is 1.67 bits per heavy atom. The summed E-state index contributed by atoms with van der Waals surface area (Å²) in [7, 11) is 0. The largest absolute Gasteiger partial charge is 0.395 e. The topological polar surface area (TPSA) is 53.7 Å². The molecule has 0 aliphatic heterocycles. The minimum absolute atomic E-state index is 0.0299. The van der Waals surface area contributed by atoms with Crippen molar-refractivity contribution in [3.63, 3.8) is 0 Å². The second kappa shape index (κ2) is 8.02. The van der Waals surface area contributed by atoms with Gasteiger partial charge in [0.25, 0.3) is 12.6 Å². The Labute approximate surface area is 72.4 Å². The molecular weight excluding hydrogens is 156 g/mol. The summed E-state index contributed by atoms with van der Waals surface area (Å²) < 4.78 is 0. The van der Waals surface area contributed by atoms with Crippen molar-refractivity contribution < 1.29 is 9.90 Å². The van der Waals surface area contributed by atoms with Crippen molar-refractivity contribution in [3.05, 3.63) is 4.85 Å². The molecule has 4 heteroatoms. The molecule has 1 amide bonds. The first kappa shape index (κ1) is 10.9. The molecule has 0 aromatic heterocycles. The van der Waals surface area contributed by atoms with E-state index in [1.54, 1.807) is 0 Å². The Morgan fingerprint density at radius 2 is 2.42 bits per heavy atom. The lowest BCUT2D eigenvalue weighted by atomic mass is 10.4. The van der Waals surface area contributed by atoms with Gasteiger partial charge < -0.3 is 10.4 Å². The van der Waals surface area contributed by atoms with Crippen LogP contribution in [0, 0.1) is 6.07 Å². The average molecular weight is 171 g/mol. The van der Waals surface area contributed by atoms with Crippen LogP contribution in [0.15, 0.2) is 0 Å². The summed E-state index contributed by atoms with van der Waals surface area (Å²) in [6.45, 7) is 3.00. The number of amides is 1. The first-order valence-corrected chi connectivity index (χ1v) is 4.08. The SMILES string of the molecule is CCC[N+]#CCC(=O)NCCO. The van der Waals surface area contributed by atoms with Gasteiger partial charge in [0.15, 0.2) is 6.42 Å². The van der Waals surface area contributed by atoms with Crippen LogP contribution < -0.4 is 5.32 Å². The quantitative estimate of drug-likeness (QED) is 0.636. The van der Waals surface area contributed by atoms with Gasteiger partial charge in [-0.3, -0.25) is 4.79 Å². The molecule has 0 saturated heterocycles. The summed E-state index contributed by atoms with van der Waals surface area (Å²) >= 11 is 0. The van der Waals surface area contributed by atoms with Gasteiger partial charge in [-0.1, -0.05) is 11.8 Å². The lowest BCUT2D eigenvalue weighted by Crippen LogP contribution is -2.25. The highest BCUT2D eigenvalue weighted by atomic mass is 16.3. The zero-order chi connectivity index (χ0) is 9.23. The Bertz CT molecular complexity index is 181. The molecule has 0 bridgehead atoms. The van der Waals surface area contributed by atoms with Crippen molar-refractivity contribution >= 4 is 5.91 Å². The number of nitrogens with zero attached hydrogens (tertiary/aromatic N) is 1. The number of hydrogen-bond acceptors (Lipinski definition) is 2. The van der Waals surface area contributed by atoms with E-state index < -0.39 is 0 Å². The molecule has 2 N–H and O–H groups in total. The van der Waals surface area contributed by atoms with E-state index in [9.17, 15) is 4.79 Å². The normalized spacial score (nSPS) is 8.50. The lowest BCUT2D eigenvalue weighted by molar-refractivity contribution is -0.120. The number of nitrogens with one attached hydrogen (secondary N) is 1. The number of carbonyl (C=O) groups excluding carboxylic acids is 1. The molecule has 0 unspecified atom stereocenters. The van der Waals surface area contributed by atoms with E-state index in [2.05, 4.69) is 16.2 Å². The highest BCUT2D eigenvalue weighted by Crippen LogP contribution is 1.80. The molecular formula is C8H15N2O2+. The monoisotopic (exact) mass is 171 g/mol. The second-order valence-electron chi connectivity index (χ2n) is 2.29. The van der Waals surface area contributed by atoms with Crippen LogP contribution in [0.3, 0.4) is 0 Å².